The normalized spacial score (nSPS) is 9.39. The number of carbonyl (C=O) groups excluding carboxylic acids is 1. The Morgan fingerprint density at radius 2 is 1.78 bits per heavy atom. The number of hydrogen-bond donors (Lipinski definition) is 0. The van der Waals surface area contributed by atoms with E-state index in [4.69, 9.17) is 9.47 Å². The lowest BCUT2D eigenvalue weighted by molar-refractivity contribution is 0.0600. The molecule has 0 N–H and O–H groups in total. The largest absolute Gasteiger partial charge is 0.486 e. The molecule has 1 aromatic rings. The zero-order valence-corrected chi connectivity index (χ0v) is 10.3. The van der Waals surface area contributed by atoms with Gasteiger partial charge in [-0.25, -0.2) is 4.79 Å². The van der Waals surface area contributed by atoms with Crippen LogP contribution in [0.15, 0.2) is 43.5 Å². The minimum absolute atomic E-state index is 0.328. The quantitative estimate of drug-likeness (QED) is 0.549. The molecule has 1 aromatic carbocycles. The lowest BCUT2D eigenvalue weighted by atomic mass is 10.2. The summed E-state index contributed by atoms with van der Waals surface area (Å²) in [5, 5.41) is 0. The SMILES string of the molecule is C=CCOc1ccc(C(=O)OC)cc1OCC=C. The van der Waals surface area contributed by atoms with E-state index in [-0.39, 0.29) is 0 Å². The molecule has 18 heavy (non-hydrogen) atoms. The van der Waals surface area contributed by atoms with Crippen molar-refractivity contribution in [3.8, 4) is 11.5 Å². The number of hydrogen-bond acceptors (Lipinski definition) is 4. The van der Waals surface area contributed by atoms with E-state index >= 15 is 0 Å². The topological polar surface area (TPSA) is 44.8 Å². The van der Waals surface area contributed by atoms with E-state index < -0.39 is 5.97 Å². The van der Waals surface area contributed by atoms with Crippen LogP contribution in [0.5, 0.6) is 11.5 Å². The Morgan fingerprint density at radius 3 is 2.33 bits per heavy atom. The van der Waals surface area contributed by atoms with Gasteiger partial charge in [-0.3, -0.25) is 0 Å². The average molecular weight is 248 g/mol. The van der Waals surface area contributed by atoms with Gasteiger partial charge in [0.15, 0.2) is 11.5 Å². The van der Waals surface area contributed by atoms with Gasteiger partial charge in [0.25, 0.3) is 0 Å². The van der Waals surface area contributed by atoms with Gasteiger partial charge in [-0.05, 0) is 18.2 Å². The fraction of sp³-hybridized carbons (Fsp3) is 0.214. The molecule has 0 amide bonds. The van der Waals surface area contributed by atoms with Gasteiger partial charge >= 0.3 is 5.97 Å². The van der Waals surface area contributed by atoms with Crippen molar-refractivity contribution in [2.24, 2.45) is 0 Å². The molecule has 0 aliphatic heterocycles. The van der Waals surface area contributed by atoms with Crippen molar-refractivity contribution < 1.29 is 19.0 Å². The number of rotatable bonds is 7. The van der Waals surface area contributed by atoms with Crippen LogP contribution in [0.3, 0.4) is 0 Å². The van der Waals surface area contributed by atoms with E-state index in [0.29, 0.717) is 30.3 Å². The van der Waals surface area contributed by atoms with Crippen molar-refractivity contribution >= 4 is 5.97 Å². The van der Waals surface area contributed by atoms with Crippen LogP contribution >= 0.6 is 0 Å². The van der Waals surface area contributed by atoms with Crippen molar-refractivity contribution in [1.82, 2.24) is 0 Å². The molecule has 0 aromatic heterocycles. The molecule has 4 nitrogen and oxygen atoms in total. The smallest absolute Gasteiger partial charge is 0.337 e. The third kappa shape index (κ3) is 3.66. The van der Waals surface area contributed by atoms with E-state index in [2.05, 4.69) is 17.9 Å². The molecular formula is C14H16O4. The van der Waals surface area contributed by atoms with E-state index in [1.54, 1.807) is 30.4 Å². The third-order valence-corrected chi connectivity index (χ3v) is 2.08. The maximum atomic E-state index is 11.4. The number of esters is 1. The van der Waals surface area contributed by atoms with Gasteiger partial charge in [0.1, 0.15) is 13.2 Å². The second kappa shape index (κ2) is 7.17. The predicted molar refractivity (Wildman–Crippen MR) is 69.2 cm³/mol. The van der Waals surface area contributed by atoms with E-state index in [9.17, 15) is 4.79 Å². The zero-order chi connectivity index (χ0) is 13.4. The first-order valence-electron chi connectivity index (χ1n) is 5.42. The second-order valence-electron chi connectivity index (χ2n) is 3.35. The summed E-state index contributed by atoms with van der Waals surface area (Å²) in [5.41, 5.74) is 0.405. The van der Waals surface area contributed by atoms with Crippen LogP contribution in [0.1, 0.15) is 10.4 Å². The van der Waals surface area contributed by atoms with Crippen LogP contribution in [-0.2, 0) is 4.74 Å². The first-order valence-corrected chi connectivity index (χ1v) is 5.42. The van der Waals surface area contributed by atoms with Gasteiger partial charge in [0.2, 0.25) is 0 Å². The molecule has 0 atom stereocenters. The monoisotopic (exact) mass is 248 g/mol. The van der Waals surface area contributed by atoms with Crippen LogP contribution in [0.25, 0.3) is 0 Å². The molecule has 0 radical (unpaired) electrons. The Morgan fingerprint density at radius 1 is 1.17 bits per heavy atom. The summed E-state index contributed by atoms with van der Waals surface area (Å²) < 4.78 is 15.5. The zero-order valence-electron chi connectivity index (χ0n) is 10.3. The van der Waals surface area contributed by atoms with Crippen LogP contribution in [0.2, 0.25) is 0 Å². The fourth-order valence-electron chi connectivity index (χ4n) is 1.28. The number of carbonyl (C=O) groups is 1. The molecule has 96 valence electrons. The highest BCUT2D eigenvalue weighted by atomic mass is 16.5. The molecule has 0 fully saturated rings. The minimum atomic E-state index is -0.422. The van der Waals surface area contributed by atoms with Gasteiger partial charge < -0.3 is 14.2 Å². The van der Waals surface area contributed by atoms with Crippen molar-refractivity contribution in [1.29, 1.82) is 0 Å². The molecule has 0 unspecified atom stereocenters. The first kappa shape index (κ1) is 13.8. The molecule has 0 heterocycles. The van der Waals surface area contributed by atoms with E-state index in [1.807, 2.05) is 0 Å². The van der Waals surface area contributed by atoms with Crippen LogP contribution in [0.4, 0.5) is 0 Å². The highest BCUT2D eigenvalue weighted by Crippen LogP contribution is 2.28. The van der Waals surface area contributed by atoms with Crippen LogP contribution in [0, 0.1) is 0 Å². The Balaban J connectivity index is 2.98. The van der Waals surface area contributed by atoms with Gasteiger partial charge in [0.05, 0.1) is 12.7 Å². The highest BCUT2D eigenvalue weighted by Gasteiger charge is 2.11. The summed E-state index contributed by atoms with van der Waals surface area (Å²) in [6.07, 6.45) is 3.24. The standard InChI is InChI=1S/C14H16O4/c1-4-8-17-12-7-6-11(14(15)16-3)10-13(12)18-9-5-2/h4-7,10H,1-2,8-9H2,3H3. The van der Waals surface area contributed by atoms with Crippen LogP contribution in [-0.4, -0.2) is 26.3 Å². The lowest BCUT2D eigenvalue weighted by Gasteiger charge is -2.11. The summed E-state index contributed by atoms with van der Waals surface area (Å²) in [7, 11) is 1.33. The van der Waals surface area contributed by atoms with Gasteiger partial charge in [-0.15, -0.1) is 0 Å². The molecular weight excluding hydrogens is 232 g/mol. The van der Waals surface area contributed by atoms with Gasteiger partial charge in [-0.1, -0.05) is 25.3 Å². The number of ether oxygens (including phenoxy) is 3. The average Bonchev–Trinajstić information content (AvgIpc) is 2.42. The summed E-state index contributed by atoms with van der Waals surface area (Å²) in [5.74, 6) is 0.595. The molecule has 1 rings (SSSR count). The number of benzene rings is 1. The predicted octanol–water partition coefficient (Wildman–Crippen LogP) is 2.60. The molecule has 0 aliphatic rings. The lowest BCUT2D eigenvalue weighted by Crippen LogP contribution is -2.04. The van der Waals surface area contributed by atoms with Gasteiger partial charge in [0, 0.05) is 0 Å². The maximum Gasteiger partial charge on any atom is 0.337 e. The maximum absolute atomic E-state index is 11.4. The minimum Gasteiger partial charge on any atom is -0.486 e. The molecule has 0 bridgehead atoms. The van der Waals surface area contributed by atoms with Gasteiger partial charge in [-0.2, -0.15) is 0 Å². The van der Waals surface area contributed by atoms with Crippen molar-refractivity contribution in [2.75, 3.05) is 20.3 Å². The molecule has 0 spiro atoms. The van der Waals surface area contributed by atoms with E-state index in [1.165, 1.54) is 7.11 Å². The number of methoxy groups -OCH3 is 1. The summed E-state index contributed by atoms with van der Waals surface area (Å²) in [6, 6.07) is 4.85. The molecule has 4 heteroatoms. The Kier molecular flexibility index (Phi) is 5.51. The second-order valence-corrected chi connectivity index (χ2v) is 3.35. The molecule has 0 saturated carbocycles. The molecule has 0 saturated heterocycles. The van der Waals surface area contributed by atoms with Crippen molar-refractivity contribution in [2.45, 2.75) is 0 Å². The summed E-state index contributed by atoms with van der Waals surface area (Å²) >= 11 is 0. The first-order chi connectivity index (χ1) is 8.72. The Bertz CT molecular complexity index is 437. The fourth-order valence-corrected chi connectivity index (χ4v) is 1.28. The van der Waals surface area contributed by atoms with Crippen LogP contribution < -0.4 is 9.47 Å². The Labute approximate surface area is 106 Å². The summed E-state index contributed by atoms with van der Waals surface area (Å²) in [6.45, 7) is 7.83. The third-order valence-electron chi connectivity index (χ3n) is 2.08. The van der Waals surface area contributed by atoms with Crippen molar-refractivity contribution in [3.05, 3.63) is 49.1 Å². The summed E-state index contributed by atoms with van der Waals surface area (Å²) in [4.78, 5) is 11.4. The highest BCUT2D eigenvalue weighted by molar-refractivity contribution is 5.90. The Hall–Kier alpha value is -2.23. The van der Waals surface area contributed by atoms with Crippen molar-refractivity contribution in [3.63, 3.8) is 0 Å². The van der Waals surface area contributed by atoms with E-state index in [0.717, 1.165) is 0 Å². The molecule has 0 aliphatic carbocycles.